The minimum absolute atomic E-state index is 0.0183. The summed E-state index contributed by atoms with van der Waals surface area (Å²) < 4.78 is 36.6. The lowest BCUT2D eigenvalue weighted by molar-refractivity contribution is 0.0466. The average molecular weight is 577 g/mol. The number of fused-ring (bicyclic) bond motifs is 1. The average Bonchev–Trinajstić information content (AvgIpc) is 2.89. The van der Waals surface area contributed by atoms with Crippen LogP contribution in [0.1, 0.15) is 41.4 Å². The summed E-state index contributed by atoms with van der Waals surface area (Å²) in [6, 6.07) is 9.18. The molecule has 7 nitrogen and oxygen atoms in total. The second-order valence-corrected chi connectivity index (χ2v) is 10.1. The van der Waals surface area contributed by atoms with Gasteiger partial charge >= 0.3 is 5.97 Å². The first-order valence-corrected chi connectivity index (χ1v) is 12.7. The predicted octanol–water partition coefficient (Wildman–Crippen LogP) is 5.34. The van der Waals surface area contributed by atoms with Crippen molar-refractivity contribution in [1.82, 2.24) is 9.13 Å². The van der Waals surface area contributed by atoms with Gasteiger partial charge in [-0.2, -0.15) is 0 Å². The highest BCUT2D eigenvalue weighted by Crippen LogP contribution is 2.24. The number of ether oxygens (including phenoxy) is 1. The molecular weight excluding hydrogens is 553 g/mol. The second kappa shape index (κ2) is 11.7. The van der Waals surface area contributed by atoms with Crippen LogP contribution in [0.3, 0.4) is 0 Å². The van der Waals surface area contributed by atoms with Gasteiger partial charge in [0, 0.05) is 29.6 Å². The highest BCUT2D eigenvalue weighted by atomic mass is 35.5. The maximum absolute atomic E-state index is 14.5. The Labute approximate surface area is 231 Å². The largest absolute Gasteiger partial charge is 0.457 e. The summed E-state index contributed by atoms with van der Waals surface area (Å²) in [7, 11) is 0. The molecule has 0 amide bonds. The number of hydrogen-bond acceptors (Lipinski definition) is 5. The van der Waals surface area contributed by atoms with Gasteiger partial charge in [-0.15, -0.1) is 0 Å². The first-order chi connectivity index (χ1) is 18.5. The predicted molar refractivity (Wildman–Crippen MR) is 144 cm³/mol. The van der Waals surface area contributed by atoms with Crippen LogP contribution in [0.5, 0.6) is 0 Å². The summed E-state index contributed by atoms with van der Waals surface area (Å²) in [6.45, 7) is 2.59. The number of rotatable bonds is 8. The number of aliphatic hydroxyl groups is 1. The highest BCUT2D eigenvalue weighted by Gasteiger charge is 2.24. The van der Waals surface area contributed by atoms with E-state index in [4.69, 9.17) is 27.9 Å². The monoisotopic (exact) mass is 576 g/mol. The van der Waals surface area contributed by atoms with Crippen molar-refractivity contribution in [1.29, 1.82) is 0 Å². The van der Waals surface area contributed by atoms with E-state index < -0.39 is 41.2 Å². The third-order valence-corrected chi connectivity index (χ3v) is 7.02. The minimum atomic E-state index is -1.03. The van der Waals surface area contributed by atoms with E-state index in [1.54, 1.807) is 0 Å². The summed E-state index contributed by atoms with van der Waals surface area (Å²) in [4.78, 5) is 39.5. The van der Waals surface area contributed by atoms with Crippen LogP contribution >= 0.6 is 23.2 Å². The van der Waals surface area contributed by atoms with Crippen molar-refractivity contribution in [2.45, 2.75) is 33.0 Å². The molecule has 4 rings (SSSR count). The number of benzene rings is 2. The number of pyridine rings is 2. The maximum atomic E-state index is 14.5. The third-order valence-electron chi connectivity index (χ3n) is 6.44. The van der Waals surface area contributed by atoms with Crippen LogP contribution in [-0.4, -0.2) is 26.8 Å². The fraction of sp³-hybridized carbons (Fsp3) is 0.250. The molecule has 0 aliphatic rings. The summed E-state index contributed by atoms with van der Waals surface area (Å²) in [5.41, 5.74) is -1.36. The van der Waals surface area contributed by atoms with Crippen LogP contribution < -0.4 is 11.0 Å². The van der Waals surface area contributed by atoms with Gasteiger partial charge in [0.1, 0.15) is 23.8 Å². The Balaban J connectivity index is 1.84. The van der Waals surface area contributed by atoms with Gasteiger partial charge in [0.25, 0.3) is 5.56 Å². The van der Waals surface area contributed by atoms with Crippen molar-refractivity contribution in [3.63, 3.8) is 0 Å². The summed E-state index contributed by atoms with van der Waals surface area (Å²) in [5, 5.41) is 9.79. The molecule has 1 atom stereocenters. The fourth-order valence-electron chi connectivity index (χ4n) is 4.26. The van der Waals surface area contributed by atoms with Crippen LogP contribution in [0.25, 0.3) is 10.9 Å². The molecule has 204 valence electrons. The van der Waals surface area contributed by atoms with Gasteiger partial charge in [0.05, 0.1) is 40.1 Å². The molecule has 2 aromatic carbocycles. The Morgan fingerprint density at radius 2 is 1.62 bits per heavy atom. The molecule has 0 unspecified atom stereocenters. The zero-order valence-electron chi connectivity index (χ0n) is 21.0. The molecular formula is C28H24Cl2F2N2O5. The van der Waals surface area contributed by atoms with E-state index in [0.717, 1.165) is 4.57 Å². The smallest absolute Gasteiger partial charge is 0.344 e. The summed E-state index contributed by atoms with van der Waals surface area (Å²) in [6.07, 6.45) is 2.46. The number of aromatic nitrogens is 2. The quantitative estimate of drug-likeness (QED) is 0.286. The van der Waals surface area contributed by atoms with Crippen LogP contribution in [0, 0.1) is 17.6 Å². The molecule has 2 aromatic heterocycles. The first kappa shape index (κ1) is 28.5. The molecule has 4 aromatic rings. The van der Waals surface area contributed by atoms with E-state index in [1.807, 2.05) is 13.8 Å². The number of nitrogens with zero attached hydrogens (tertiary/aromatic N) is 2. The number of hydrogen-bond donors (Lipinski definition) is 1. The van der Waals surface area contributed by atoms with Crippen molar-refractivity contribution in [2.24, 2.45) is 5.92 Å². The Bertz CT molecular complexity index is 1680. The normalized spacial score (nSPS) is 12.2. The number of halogens is 4. The fourth-order valence-corrected chi connectivity index (χ4v) is 4.65. The molecule has 39 heavy (non-hydrogen) atoms. The van der Waals surface area contributed by atoms with Crippen LogP contribution in [-0.2, 0) is 17.9 Å². The van der Waals surface area contributed by atoms with E-state index in [9.17, 15) is 28.3 Å². The molecule has 0 aliphatic carbocycles. The van der Waals surface area contributed by atoms with Gasteiger partial charge in [-0.05, 0) is 18.1 Å². The highest BCUT2D eigenvalue weighted by molar-refractivity contribution is 6.31. The van der Waals surface area contributed by atoms with E-state index in [1.165, 1.54) is 59.4 Å². The Hall–Kier alpha value is -3.53. The van der Waals surface area contributed by atoms with Gasteiger partial charge in [0.15, 0.2) is 0 Å². The standard InChI is InChI=1S/C28H24Cl2F2N2O5/c1-15(2)23(13-35)34-12-19(28(38)39-14-17-6-4-8-21(30)26(17)32)27(37)18-11-33(24(36)9-22(18)34)10-16-5-3-7-20(29)25(16)31/h3-9,11-12,15,23,35H,10,13-14H2,1-2H3/t23-/m1/s1. The Morgan fingerprint density at radius 1 is 1.00 bits per heavy atom. The lowest BCUT2D eigenvalue weighted by atomic mass is 10.0. The van der Waals surface area contributed by atoms with Crippen molar-refractivity contribution >= 4 is 40.1 Å². The van der Waals surface area contributed by atoms with E-state index in [-0.39, 0.29) is 56.7 Å². The molecule has 0 saturated carbocycles. The van der Waals surface area contributed by atoms with Gasteiger partial charge in [-0.1, -0.05) is 61.3 Å². The molecule has 2 heterocycles. The minimum Gasteiger partial charge on any atom is -0.457 e. The van der Waals surface area contributed by atoms with Gasteiger partial charge in [0.2, 0.25) is 5.43 Å². The van der Waals surface area contributed by atoms with Crippen molar-refractivity contribution < 1.29 is 23.4 Å². The number of esters is 1. The molecule has 0 aliphatic heterocycles. The topological polar surface area (TPSA) is 90.5 Å². The zero-order valence-corrected chi connectivity index (χ0v) is 22.5. The lowest BCUT2D eigenvalue weighted by Gasteiger charge is -2.25. The van der Waals surface area contributed by atoms with Crippen molar-refractivity contribution in [2.75, 3.05) is 6.61 Å². The number of carbonyl (C=O) groups is 1. The van der Waals surface area contributed by atoms with Crippen LogP contribution in [0.15, 0.2) is 64.4 Å². The molecule has 1 N–H and O–H groups in total. The molecule has 0 spiro atoms. The van der Waals surface area contributed by atoms with E-state index in [2.05, 4.69) is 0 Å². The van der Waals surface area contributed by atoms with Crippen LogP contribution in [0.2, 0.25) is 10.0 Å². The molecule has 0 saturated heterocycles. The van der Waals surface area contributed by atoms with Crippen molar-refractivity contribution in [3.8, 4) is 0 Å². The summed E-state index contributed by atoms with van der Waals surface area (Å²) >= 11 is 11.7. The maximum Gasteiger partial charge on any atom is 0.344 e. The molecule has 0 radical (unpaired) electrons. The zero-order chi connectivity index (χ0) is 28.4. The first-order valence-electron chi connectivity index (χ1n) is 12.0. The second-order valence-electron chi connectivity index (χ2n) is 9.31. The summed E-state index contributed by atoms with van der Waals surface area (Å²) in [5.74, 6) is -2.64. The lowest BCUT2D eigenvalue weighted by Crippen LogP contribution is -2.29. The van der Waals surface area contributed by atoms with Crippen LogP contribution in [0.4, 0.5) is 8.78 Å². The molecule has 0 bridgehead atoms. The van der Waals surface area contributed by atoms with Crippen molar-refractivity contribution in [3.05, 3.63) is 114 Å². The van der Waals surface area contributed by atoms with E-state index in [0.29, 0.717) is 0 Å². The molecule has 0 fully saturated rings. The third kappa shape index (κ3) is 5.75. The van der Waals surface area contributed by atoms with E-state index >= 15 is 0 Å². The Kier molecular flexibility index (Phi) is 8.54. The molecule has 11 heteroatoms. The van der Waals surface area contributed by atoms with Gasteiger partial charge in [-0.25, -0.2) is 13.6 Å². The van der Waals surface area contributed by atoms with Gasteiger partial charge < -0.3 is 19.0 Å². The number of aliphatic hydroxyl groups excluding tert-OH is 1. The SMILES string of the molecule is CC(C)[C@@H](CO)n1cc(C(=O)OCc2cccc(Cl)c2F)c(=O)c2cn(Cc3cccc(Cl)c3F)c(=O)cc21. The number of carbonyl (C=O) groups excluding carboxylic acids is 1. The Morgan fingerprint density at radius 3 is 2.23 bits per heavy atom. The van der Waals surface area contributed by atoms with Gasteiger partial charge in [-0.3, -0.25) is 9.59 Å².